The van der Waals surface area contributed by atoms with Crippen molar-refractivity contribution in [3.05, 3.63) is 0 Å². The summed E-state index contributed by atoms with van der Waals surface area (Å²) in [6, 6.07) is 0. The number of hydrogen-bond donors (Lipinski definition) is 2. The van der Waals surface area contributed by atoms with Crippen LogP contribution in [0.5, 0.6) is 11.5 Å². The molecule has 1 rings (SSSR count). The van der Waals surface area contributed by atoms with E-state index in [9.17, 15) is 29.4 Å². The van der Waals surface area contributed by atoms with Gasteiger partial charge < -0.3 is 29.2 Å². The molecular weight excluding hydrogens is 553 g/mol. The van der Waals surface area contributed by atoms with Crippen LogP contribution >= 0.6 is 47.0 Å². The number of esters is 4. The van der Waals surface area contributed by atoms with Gasteiger partial charge in [-0.3, -0.25) is 19.2 Å². The number of thioether (sulfide) groups is 4. The van der Waals surface area contributed by atoms with Crippen LogP contribution in [0.3, 0.4) is 0 Å². The van der Waals surface area contributed by atoms with E-state index in [0.29, 0.717) is 19.6 Å². The van der Waals surface area contributed by atoms with Crippen molar-refractivity contribution in [3.8, 4) is 11.5 Å². The first-order chi connectivity index (χ1) is 17.2. The second-order valence-electron chi connectivity index (χ2n) is 6.71. The van der Waals surface area contributed by atoms with Crippen LogP contribution in [0, 0.1) is 0 Å². The second kappa shape index (κ2) is 17.5. The molecule has 10 nitrogen and oxygen atoms in total. The maximum Gasteiger partial charge on any atom is 0.306 e. The first kappa shape index (κ1) is 32.1. The van der Waals surface area contributed by atoms with Gasteiger partial charge in [-0.05, 0) is 0 Å². The van der Waals surface area contributed by atoms with Gasteiger partial charge >= 0.3 is 23.9 Å². The van der Waals surface area contributed by atoms with E-state index >= 15 is 0 Å². The average Bonchev–Trinajstić information content (AvgIpc) is 2.88. The molecule has 0 heterocycles. The summed E-state index contributed by atoms with van der Waals surface area (Å²) in [6.45, 7) is 0. The number of phenols is 2. The summed E-state index contributed by atoms with van der Waals surface area (Å²) in [5, 5.41) is 22.5. The Bertz CT molecular complexity index is 781. The van der Waals surface area contributed by atoms with Gasteiger partial charge in [0.05, 0.1) is 73.7 Å². The van der Waals surface area contributed by atoms with Crippen LogP contribution in [0.15, 0.2) is 19.6 Å². The Morgan fingerprint density at radius 2 is 0.694 bits per heavy atom. The van der Waals surface area contributed by atoms with Crippen LogP contribution in [0.2, 0.25) is 0 Å². The zero-order chi connectivity index (χ0) is 27.1. The first-order valence-electron chi connectivity index (χ1n) is 10.6. The monoisotopic (exact) mass is 582 g/mol. The van der Waals surface area contributed by atoms with Crippen LogP contribution in [0.25, 0.3) is 0 Å². The Morgan fingerprint density at radius 1 is 0.500 bits per heavy atom. The van der Waals surface area contributed by atoms with E-state index < -0.39 is 23.9 Å². The van der Waals surface area contributed by atoms with Crippen LogP contribution in [0.1, 0.15) is 25.7 Å². The third-order valence-corrected chi connectivity index (χ3v) is 9.03. The molecule has 0 aliphatic heterocycles. The molecule has 0 fully saturated rings. The van der Waals surface area contributed by atoms with E-state index in [0.717, 1.165) is 47.0 Å². The van der Waals surface area contributed by atoms with Crippen molar-refractivity contribution in [2.75, 3.05) is 51.5 Å². The van der Waals surface area contributed by atoms with E-state index in [4.69, 9.17) is 0 Å². The lowest BCUT2D eigenvalue weighted by Crippen LogP contribution is -2.04. The number of carbonyl (C=O) groups is 4. The molecule has 14 heteroatoms. The van der Waals surface area contributed by atoms with Gasteiger partial charge in [0, 0.05) is 23.0 Å². The van der Waals surface area contributed by atoms with Gasteiger partial charge in [-0.2, -0.15) is 0 Å². The Kier molecular flexibility index (Phi) is 15.7. The maximum atomic E-state index is 11.6. The van der Waals surface area contributed by atoms with Crippen molar-refractivity contribution in [1.82, 2.24) is 0 Å². The van der Waals surface area contributed by atoms with Crippen molar-refractivity contribution in [3.63, 3.8) is 0 Å². The van der Waals surface area contributed by atoms with Gasteiger partial charge in [0.1, 0.15) is 11.5 Å². The minimum Gasteiger partial charge on any atom is -0.506 e. The lowest BCUT2D eigenvalue weighted by Gasteiger charge is -2.20. The van der Waals surface area contributed by atoms with Crippen LogP contribution in [-0.2, 0) is 38.1 Å². The third-order valence-electron chi connectivity index (χ3n) is 4.39. The molecule has 0 atom stereocenters. The van der Waals surface area contributed by atoms with E-state index in [2.05, 4.69) is 18.9 Å². The highest BCUT2D eigenvalue weighted by Gasteiger charge is 2.26. The highest BCUT2D eigenvalue weighted by molar-refractivity contribution is 8.03. The van der Waals surface area contributed by atoms with Crippen molar-refractivity contribution in [2.45, 2.75) is 45.3 Å². The van der Waals surface area contributed by atoms with Crippen molar-refractivity contribution >= 4 is 70.9 Å². The van der Waals surface area contributed by atoms with Crippen molar-refractivity contribution < 1.29 is 48.3 Å². The van der Waals surface area contributed by atoms with Crippen LogP contribution in [0.4, 0.5) is 0 Å². The van der Waals surface area contributed by atoms with Gasteiger partial charge in [0.15, 0.2) is 0 Å². The number of phenolic OH excluding ortho intramolecular Hbond substituents is 2. The molecule has 0 unspecified atom stereocenters. The molecule has 36 heavy (non-hydrogen) atoms. The van der Waals surface area contributed by atoms with Crippen LogP contribution < -0.4 is 0 Å². The molecule has 202 valence electrons. The fourth-order valence-electron chi connectivity index (χ4n) is 2.53. The molecule has 0 aliphatic carbocycles. The molecule has 0 amide bonds. The predicted octanol–water partition coefficient (Wildman–Crippen LogP) is 3.72. The molecular formula is C22H30O10S4. The summed E-state index contributed by atoms with van der Waals surface area (Å²) in [7, 11) is 5.11. The molecule has 0 saturated carbocycles. The van der Waals surface area contributed by atoms with Crippen molar-refractivity contribution in [1.29, 1.82) is 0 Å². The molecule has 0 aliphatic rings. The Hall–Kier alpha value is -1.90. The SMILES string of the molecule is COC(=O)CCSc1c(O)c(SCCC(=O)OC)c(SCCC(=O)OC)c(O)c1SCCC(=O)OC. The Labute approximate surface area is 226 Å². The summed E-state index contributed by atoms with van der Waals surface area (Å²) in [6.07, 6.45) is 0.310. The Morgan fingerprint density at radius 3 is 0.861 bits per heavy atom. The summed E-state index contributed by atoms with van der Waals surface area (Å²) >= 11 is 4.64. The fraction of sp³-hybridized carbons (Fsp3) is 0.545. The normalized spacial score (nSPS) is 10.6. The number of hydrogen-bond acceptors (Lipinski definition) is 14. The molecule has 1 aromatic rings. The molecule has 2 N–H and O–H groups in total. The highest BCUT2D eigenvalue weighted by atomic mass is 32.2. The molecule has 0 spiro atoms. The summed E-state index contributed by atoms with van der Waals surface area (Å²) in [5.41, 5.74) is 0. The number of carbonyl (C=O) groups excluding carboxylic acids is 4. The lowest BCUT2D eigenvalue weighted by atomic mass is 10.3. The second-order valence-corrected chi connectivity index (χ2v) is 11.1. The van der Waals surface area contributed by atoms with Gasteiger partial charge in [-0.25, -0.2) is 0 Å². The Balaban J connectivity index is 3.40. The standard InChI is InChI=1S/C22H30O10S4/c1-29-13(23)5-9-33-19-17(27)21(35-11-7-15(25)31-3)22(36-12-8-16(26)32-4)18(28)20(19)34-10-6-14(24)30-2/h27-28H,5-12H2,1-4H3. The highest BCUT2D eigenvalue weighted by Crippen LogP contribution is 2.54. The predicted molar refractivity (Wildman–Crippen MR) is 139 cm³/mol. The summed E-state index contributed by atoms with van der Waals surface area (Å²) in [4.78, 5) is 47.7. The van der Waals surface area contributed by atoms with Crippen molar-refractivity contribution in [2.24, 2.45) is 0 Å². The summed E-state index contributed by atoms with van der Waals surface area (Å²) in [5.74, 6) is -0.865. The molecule has 0 saturated heterocycles. The van der Waals surface area contributed by atoms with E-state index in [1.807, 2.05) is 0 Å². The van der Waals surface area contributed by atoms with Gasteiger partial charge in [0.25, 0.3) is 0 Å². The number of methoxy groups -OCH3 is 4. The minimum absolute atomic E-state index is 0.0775. The third kappa shape index (κ3) is 10.6. The lowest BCUT2D eigenvalue weighted by molar-refractivity contribution is -0.141. The van der Waals surface area contributed by atoms with E-state index in [-0.39, 0.29) is 60.2 Å². The number of rotatable bonds is 16. The minimum atomic E-state index is -0.422. The molecule has 1 aromatic carbocycles. The fourth-order valence-corrected chi connectivity index (χ4v) is 7.12. The quantitative estimate of drug-likeness (QED) is 0.126. The largest absolute Gasteiger partial charge is 0.506 e. The smallest absolute Gasteiger partial charge is 0.306 e. The van der Waals surface area contributed by atoms with Crippen LogP contribution in [-0.4, -0.2) is 85.5 Å². The zero-order valence-corrected chi connectivity index (χ0v) is 23.7. The number of benzene rings is 1. The average molecular weight is 583 g/mol. The zero-order valence-electron chi connectivity index (χ0n) is 20.5. The number of aromatic hydroxyl groups is 2. The molecule has 0 radical (unpaired) electrons. The number of ether oxygens (including phenoxy) is 4. The van der Waals surface area contributed by atoms with E-state index in [1.54, 1.807) is 0 Å². The maximum absolute atomic E-state index is 11.6. The van der Waals surface area contributed by atoms with Gasteiger partial charge in [-0.15, -0.1) is 47.0 Å². The van der Waals surface area contributed by atoms with Gasteiger partial charge in [0.2, 0.25) is 0 Å². The summed E-state index contributed by atoms with van der Waals surface area (Å²) < 4.78 is 18.7. The van der Waals surface area contributed by atoms with Gasteiger partial charge in [-0.1, -0.05) is 0 Å². The first-order valence-corrected chi connectivity index (χ1v) is 14.5. The molecule has 0 aromatic heterocycles. The van der Waals surface area contributed by atoms with E-state index in [1.165, 1.54) is 28.4 Å². The molecule has 0 bridgehead atoms. The topological polar surface area (TPSA) is 146 Å².